The molecule has 0 fully saturated rings. The summed E-state index contributed by atoms with van der Waals surface area (Å²) in [5, 5.41) is 9.39. The molecule has 0 amide bonds. The van der Waals surface area contributed by atoms with Crippen LogP contribution < -0.4 is 0 Å². The molecule has 0 spiro atoms. The summed E-state index contributed by atoms with van der Waals surface area (Å²) in [5.41, 5.74) is 1.16. The molecule has 0 aromatic rings. The van der Waals surface area contributed by atoms with Gasteiger partial charge in [-0.25, -0.2) is 0 Å². The second kappa shape index (κ2) is 7.81. The van der Waals surface area contributed by atoms with Crippen LogP contribution in [0, 0.1) is 0 Å². The van der Waals surface area contributed by atoms with Crippen LogP contribution in [0.3, 0.4) is 0 Å². The summed E-state index contributed by atoms with van der Waals surface area (Å²) in [6, 6.07) is 0. The molecular formula is C12H20O. The zero-order chi connectivity index (χ0) is 10.1. The third kappa shape index (κ3) is 7.54. The molecule has 0 aromatic heterocycles. The van der Waals surface area contributed by atoms with Gasteiger partial charge in [0.1, 0.15) is 0 Å². The molecule has 0 bridgehead atoms. The van der Waals surface area contributed by atoms with Crippen molar-refractivity contribution in [3.63, 3.8) is 0 Å². The SMILES string of the molecule is C\C=C/C=C(C)\C=C\C(O)CCC. The quantitative estimate of drug-likeness (QED) is 0.644. The molecular weight excluding hydrogens is 160 g/mol. The summed E-state index contributed by atoms with van der Waals surface area (Å²) in [7, 11) is 0. The number of aliphatic hydroxyl groups excluding tert-OH is 1. The van der Waals surface area contributed by atoms with Crippen LogP contribution in [0.25, 0.3) is 0 Å². The number of hydrogen-bond donors (Lipinski definition) is 1. The van der Waals surface area contributed by atoms with Gasteiger partial charge in [-0.15, -0.1) is 0 Å². The van der Waals surface area contributed by atoms with Crippen molar-refractivity contribution in [3.8, 4) is 0 Å². The average Bonchev–Trinajstić information content (AvgIpc) is 2.12. The maximum Gasteiger partial charge on any atom is 0.0723 e. The molecule has 1 atom stereocenters. The first kappa shape index (κ1) is 12.2. The van der Waals surface area contributed by atoms with Gasteiger partial charge in [-0.3, -0.25) is 0 Å². The maximum atomic E-state index is 9.39. The Bertz CT molecular complexity index is 199. The van der Waals surface area contributed by atoms with Crippen molar-refractivity contribution in [2.24, 2.45) is 0 Å². The summed E-state index contributed by atoms with van der Waals surface area (Å²) >= 11 is 0. The van der Waals surface area contributed by atoms with E-state index in [0.29, 0.717) is 0 Å². The minimum atomic E-state index is -0.293. The fourth-order valence-electron chi connectivity index (χ4n) is 0.958. The lowest BCUT2D eigenvalue weighted by molar-refractivity contribution is 0.211. The lowest BCUT2D eigenvalue weighted by atomic mass is 10.1. The van der Waals surface area contributed by atoms with E-state index in [1.165, 1.54) is 0 Å². The molecule has 13 heavy (non-hydrogen) atoms. The second-order valence-electron chi connectivity index (χ2n) is 3.15. The first-order chi connectivity index (χ1) is 6.20. The Kier molecular flexibility index (Phi) is 7.32. The van der Waals surface area contributed by atoms with E-state index in [-0.39, 0.29) is 6.10 Å². The molecule has 0 radical (unpaired) electrons. The van der Waals surface area contributed by atoms with Crippen LogP contribution in [0.4, 0.5) is 0 Å². The van der Waals surface area contributed by atoms with E-state index < -0.39 is 0 Å². The molecule has 0 aliphatic heterocycles. The van der Waals surface area contributed by atoms with Crippen molar-refractivity contribution < 1.29 is 5.11 Å². The van der Waals surface area contributed by atoms with Crippen LogP contribution in [0.1, 0.15) is 33.6 Å². The molecule has 74 valence electrons. The normalized spacial score (nSPS) is 15.8. The van der Waals surface area contributed by atoms with Gasteiger partial charge in [0.15, 0.2) is 0 Å². The van der Waals surface area contributed by atoms with Crippen LogP contribution in [0.5, 0.6) is 0 Å². The van der Waals surface area contributed by atoms with Gasteiger partial charge < -0.3 is 5.11 Å². The van der Waals surface area contributed by atoms with E-state index >= 15 is 0 Å². The van der Waals surface area contributed by atoms with Crippen molar-refractivity contribution in [2.45, 2.75) is 39.7 Å². The van der Waals surface area contributed by atoms with E-state index in [2.05, 4.69) is 6.92 Å². The fraction of sp³-hybridized carbons (Fsp3) is 0.500. The molecule has 1 heteroatoms. The summed E-state index contributed by atoms with van der Waals surface area (Å²) < 4.78 is 0. The highest BCUT2D eigenvalue weighted by Gasteiger charge is 1.94. The Labute approximate surface area is 81.5 Å². The molecule has 0 aliphatic carbocycles. The summed E-state index contributed by atoms with van der Waals surface area (Å²) in [4.78, 5) is 0. The zero-order valence-electron chi connectivity index (χ0n) is 8.83. The van der Waals surface area contributed by atoms with Crippen molar-refractivity contribution in [1.29, 1.82) is 0 Å². The van der Waals surface area contributed by atoms with Gasteiger partial charge in [0.2, 0.25) is 0 Å². The predicted octanol–water partition coefficient (Wildman–Crippen LogP) is 3.23. The maximum absolute atomic E-state index is 9.39. The minimum Gasteiger partial charge on any atom is -0.389 e. The summed E-state index contributed by atoms with van der Waals surface area (Å²) in [6.45, 7) is 6.08. The van der Waals surface area contributed by atoms with Crippen LogP contribution in [-0.4, -0.2) is 11.2 Å². The highest BCUT2D eigenvalue weighted by molar-refractivity contribution is 5.21. The molecule has 0 aromatic carbocycles. The molecule has 0 heterocycles. The number of aliphatic hydroxyl groups is 1. The Morgan fingerprint density at radius 2 is 2.15 bits per heavy atom. The minimum absolute atomic E-state index is 0.293. The summed E-state index contributed by atoms with van der Waals surface area (Å²) in [6.07, 6.45) is 11.4. The van der Waals surface area contributed by atoms with Crippen molar-refractivity contribution in [2.75, 3.05) is 0 Å². The van der Waals surface area contributed by atoms with E-state index in [9.17, 15) is 5.11 Å². The lowest BCUT2D eigenvalue weighted by Crippen LogP contribution is -1.99. The monoisotopic (exact) mass is 180 g/mol. The summed E-state index contributed by atoms with van der Waals surface area (Å²) in [5.74, 6) is 0. The zero-order valence-corrected chi connectivity index (χ0v) is 8.83. The van der Waals surface area contributed by atoms with Crippen LogP contribution in [-0.2, 0) is 0 Å². The molecule has 0 saturated heterocycles. The van der Waals surface area contributed by atoms with Gasteiger partial charge in [0.25, 0.3) is 0 Å². The second-order valence-corrected chi connectivity index (χ2v) is 3.15. The topological polar surface area (TPSA) is 20.2 Å². The number of allylic oxidation sites excluding steroid dienone is 5. The van der Waals surface area contributed by atoms with E-state index in [0.717, 1.165) is 18.4 Å². The Hall–Kier alpha value is -0.820. The van der Waals surface area contributed by atoms with Gasteiger partial charge in [0.05, 0.1) is 6.10 Å². The van der Waals surface area contributed by atoms with Gasteiger partial charge in [0, 0.05) is 0 Å². The molecule has 1 nitrogen and oxygen atoms in total. The predicted molar refractivity (Wildman–Crippen MR) is 58.6 cm³/mol. The molecule has 1 unspecified atom stereocenters. The number of rotatable bonds is 5. The molecule has 1 N–H and O–H groups in total. The first-order valence-corrected chi connectivity index (χ1v) is 4.86. The highest BCUT2D eigenvalue weighted by atomic mass is 16.3. The van der Waals surface area contributed by atoms with Crippen LogP contribution in [0.2, 0.25) is 0 Å². The van der Waals surface area contributed by atoms with Gasteiger partial charge in [-0.05, 0) is 20.3 Å². The van der Waals surface area contributed by atoms with Crippen LogP contribution in [0.15, 0.2) is 36.0 Å². The van der Waals surface area contributed by atoms with Crippen molar-refractivity contribution in [3.05, 3.63) is 36.0 Å². The van der Waals surface area contributed by atoms with Crippen LogP contribution >= 0.6 is 0 Å². The van der Waals surface area contributed by atoms with E-state index in [1.807, 2.05) is 44.2 Å². The smallest absolute Gasteiger partial charge is 0.0723 e. The van der Waals surface area contributed by atoms with Crippen molar-refractivity contribution >= 4 is 0 Å². The molecule has 0 saturated carbocycles. The highest BCUT2D eigenvalue weighted by Crippen LogP contribution is 2.01. The Balaban J connectivity index is 3.95. The molecule has 0 rings (SSSR count). The largest absolute Gasteiger partial charge is 0.389 e. The fourth-order valence-corrected chi connectivity index (χ4v) is 0.958. The van der Waals surface area contributed by atoms with Gasteiger partial charge in [-0.2, -0.15) is 0 Å². The average molecular weight is 180 g/mol. The van der Waals surface area contributed by atoms with E-state index in [4.69, 9.17) is 0 Å². The Morgan fingerprint density at radius 1 is 1.46 bits per heavy atom. The lowest BCUT2D eigenvalue weighted by Gasteiger charge is -2.01. The first-order valence-electron chi connectivity index (χ1n) is 4.86. The van der Waals surface area contributed by atoms with Gasteiger partial charge >= 0.3 is 0 Å². The van der Waals surface area contributed by atoms with Crippen molar-refractivity contribution in [1.82, 2.24) is 0 Å². The standard InChI is InChI=1S/C12H20O/c1-4-6-8-11(3)9-10-12(13)7-5-2/h4,6,8-10,12-13H,5,7H2,1-3H3/b6-4-,10-9+,11-8-. The number of hydrogen-bond acceptors (Lipinski definition) is 1. The third-order valence-electron chi connectivity index (χ3n) is 1.72. The third-order valence-corrected chi connectivity index (χ3v) is 1.72. The Morgan fingerprint density at radius 3 is 2.69 bits per heavy atom. The molecule has 0 aliphatic rings. The van der Waals surface area contributed by atoms with Gasteiger partial charge in [-0.1, -0.05) is 49.3 Å². The van der Waals surface area contributed by atoms with E-state index in [1.54, 1.807) is 0 Å².